The fourth-order valence-corrected chi connectivity index (χ4v) is 1.87. The number of aromatic nitrogens is 2. The molecule has 1 amide bonds. The molecule has 0 saturated carbocycles. The van der Waals surface area contributed by atoms with Crippen molar-refractivity contribution in [3.8, 4) is 0 Å². The number of carbonyl (C=O) groups excluding carboxylic acids is 1. The smallest absolute Gasteiger partial charge is 0.222 e. The molecule has 0 aliphatic heterocycles. The molecule has 0 radical (unpaired) electrons. The molecule has 0 atom stereocenters. The summed E-state index contributed by atoms with van der Waals surface area (Å²) in [4.78, 5) is 11.5. The molecule has 0 unspecified atom stereocenters. The molecule has 1 N–H and O–H groups in total. The van der Waals surface area contributed by atoms with Gasteiger partial charge < -0.3 is 5.32 Å². The number of fused-ring (bicyclic) bond motifs is 1. The van der Waals surface area contributed by atoms with Crippen molar-refractivity contribution in [2.75, 3.05) is 6.54 Å². The maximum Gasteiger partial charge on any atom is 0.222 e. The van der Waals surface area contributed by atoms with E-state index in [2.05, 4.69) is 36.1 Å². The third-order valence-corrected chi connectivity index (χ3v) is 2.79. The molecule has 0 aliphatic carbocycles. The highest BCUT2D eigenvalue weighted by atomic mass is 16.1. The second kappa shape index (κ2) is 5.49. The average molecular weight is 243 g/mol. The molecule has 2 aromatic rings. The number of carbonyl (C=O) groups is 1. The van der Waals surface area contributed by atoms with Crippen LogP contribution < -0.4 is 5.32 Å². The van der Waals surface area contributed by atoms with Crippen molar-refractivity contribution in [3.05, 3.63) is 42.6 Å². The molecule has 0 bridgehead atoms. The topological polar surface area (TPSA) is 46.9 Å². The summed E-state index contributed by atoms with van der Waals surface area (Å²) >= 11 is 0. The van der Waals surface area contributed by atoms with Gasteiger partial charge in [-0.25, -0.2) is 0 Å². The van der Waals surface area contributed by atoms with Crippen LogP contribution in [-0.4, -0.2) is 22.2 Å². The Balaban J connectivity index is 2.04. The predicted molar refractivity (Wildman–Crippen MR) is 72.3 cm³/mol. The van der Waals surface area contributed by atoms with Crippen LogP contribution in [0.1, 0.15) is 12.0 Å². The van der Waals surface area contributed by atoms with Crippen LogP contribution in [0, 0.1) is 6.92 Å². The first-order valence-electron chi connectivity index (χ1n) is 6.00. The van der Waals surface area contributed by atoms with Crippen LogP contribution in [0.15, 0.2) is 37.1 Å². The standard InChI is InChI=1S/C14H17N3O/c1-3-7-15-14(18)6-8-17-13-5-4-11(2)9-12(13)10-16-17/h3-5,9-10H,1,6-8H2,2H3,(H,15,18). The highest BCUT2D eigenvalue weighted by Gasteiger charge is 2.05. The fourth-order valence-electron chi connectivity index (χ4n) is 1.87. The Morgan fingerprint density at radius 1 is 1.56 bits per heavy atom. The van der Waals surface area contributed by atoms with Gasteiger partial charge in [-0.2, -0.15) is 5.10 Å². The largest absolute Gasteiger partial charge is 0.353 e. The Morgan fingerprint density at radius 3 is 3.17 bits per heavy atom. The van der Waals surface area contributed by atoms with Crippen molar-refractivity contribution < 1.29 is 4.79 Å². The van der Waals surface area contributed by atoms with Crippen LogP contribution in [0.2, 0.25) is 0 Å². The lowest BCUT2D eigenvalue weighted by Gasteiger charge is -2.04. The highest BCUT2D eigenvalue weighted by molar-refractivity contribution is 5.80. The molecule has 1 aromatic heterocycles. The summed E-state index contributed by atoms with van der Waals surface area (Å²) in [7, 11) is 0. The summed E-state index contributed by atoms with van der Waals surface area (Å²) in [6.45, 7) is 6.72. The number of hydrogen-bond donors (Lipinski definition) is 1. The van der Waals surface area contributed by atoms with E-state index < -0.39 is 0 Å². The lowest BCUT2D eigenvalue weighted by molar-refractivity contribution is -0.121. The highest BCUT2D eigenvalue weighted by Crippen LogP contribution is 2.15. The maximum atomic E-state index is 11.5. The minimum absolute atomic E-state index is 0.0191. The Morgan fingerprint density at radius 2 is 2.39 bits per heavy atom. The first-order chi connectivity index (χ1) is 8.70. The number of amides is 1. The summed E-state index contributed by atoms with van der Waals surface area (Å²) in [5.41, 5.74) is 2.28. The summed E-state index contributed by atoms with van der Waals surface area (Å²) in [5, 5.41) is 8.17. The molecule has 4 heteroatoms. The van der Waals surface area contributed by atoms with Gasteiger partial charge in [0.25, 0.3) is 0 Å². The summed E-state index contributed by atoms with van der Waals surface area (Å²) in [6.07, 6.45) is 3.94. The molecule has 18 heavy (non-hydrogen) atoms. The normalized spacial score (nSPS) is 10.5. The quantitative estimate of drug-likeness (QED) is 0.817. The van der Waals surface area contributed by atoms with Gasteiger partial charge in [-0.1, -0.05) is 17.7 Å². The van der Waals surface area contributed by atoms with E-state index in [0.29, 0.717) is 19.5 Å². The zero-order valence-corrected chi connectivity index (χ0v) is 10.5. The Hall–Kier alpha value is -2.10. The Labute approximate surface area is 106 Å². The SMILES string of the molecule is C=CCNC(=O)CCn1ncc2cc(C)ccc21. The third-order valence-electron chi connectivity index (χ3n) is 2.79. The van der Waals surface area contributed by atoms with Crippen molar-refractivity contribution in [1.82, 2.24) is 15.1 Å². The first-order valence-corrected chi connectivity index (χ1v) is 6.00. The summed E-state index contributed by atoms with van der Waals surface area (Å²) in [5.74, 6) is 0.0191. The Kier molecular flexibility index (Phi) is 3.77. The molecule has 0 aliphatic rings. The van der Waals surface area contributed by atoms with Crippen LogP contribution >= 0.6 is 0 Å². The van der Waals surface area contributed by atoms with Crippen molar-refractivity contribution in [2.24, 2.45) is 0 Å². The van der Waals surface area contributed by atoms with Crippen molar-refractivity contribution in [2.45, 2.75) is 19.9 Å². The Bertz CT molecular complexity index is 571. The molecule has 94 valence electrons. The molecule has 0 fully saturated rings. The molecule has 4 nitrogen and oxygen atoms in total. The zero-order valence-electron chi connectivity index (χ0n) is 10.5. The van der Waals surface area contributed by atoms with Crippen molar-refractivity contribution in [3.63, 3.8) is 0 Å². The fraction of sp³-hybridized carbons (Fsp3) is 0.286. The van der Waals surface area contributed by atoms with Gasteiger partial charge in [0.05, 0.1) is 18.3 Å². The van der Waals surface area contributed by atoms with Crippen LogP contribution in [0.4, 0.5) is 0 Å². The van der Waals surface area contributed by atoms with Gasteiger partial charge in [-0.15, -0.1) is 6.58 Å². The zero-order chi connectivity index (χ0) is 13.0. The van der Waals surface area contributed by atoms with E-state index in [1.165, 1.54) is 5.56 Å². The molecular weight excluding hydrogens is 226 g/mol. The lowest BCUT2D eigenvalue weighted by atomic mass is 10.2. The predicted octanol–water partition coefficient (Wildman–Crippen LogP) is 2.04. The molecule has 0 spiro atoms. The van der Waals surface area contributed by atoms with Gasteiger partial charge in [0.15, 0.2) is 0 Å². The van der Waals surface area contributed by atoms with Crippen LogP contribution in [0.3, 0.4) is 0 Å². The van der Waals surface area contributed by atoms with Gasteiger partial charge in [-0.3, -0.25) is 9.48 Å². The van der Waals surface area contributed by atoms with Gasteiger partial charge in [-0.05, 0) is 19.1 Å². The minimum atomic E-state index is 0.0191. The summed E-state index contributed by atoms with van der Waals surface area (Å²) < 4.78 is 1.86. The van der Waals surface area contributed by atoms with Crippen LogP contribution in [0.25, 0.3) is 10.9 Å². The monoisotopic (exact) mass is 243 g/mol. The van der Waals surface area contributed by atoms with Crippen LogP contribution in [0.5, 0.6) is 0 Å². The van der Waals surface area contributed by atoms with Gasteiger partial charge in [0.1, 0.15) is 0 Å². The number of benzene rings is 1. The van der Waals surface area contributed by atoms with E-state index in [1.54, 1.807) is 6.08 Å². The summed E-state index contributed by atoms with van der Waals surface area (Å²) in [6, 6.07) is 6.19. The second-order valence-corrected chi connectivity index (χ2v) is 4.27. The average Bonchev–Trinajstić information content (AvgIpc) is 2.76. The molecular formula is C14H17N3O. The van der Waals surface area contributed by atoms with E-state index >= 15 is 0 Å². The molecule has 1 aromatic carbocycles. The third kappa shape index (κ3) is 2.77. The number of rotatable bonds is 5. The number of hydrogen-bond acceptors (Lipinski definition) is 2. The van der Waals surface area contributed by atoms with Gasteiger partial charge >= 0.3 is 0 Å². The van der Waals surface area contributed by atoms with E-state index in [9.17, 15) is 4.79 Å². The van der Waals surface area contributed by atoms with E-state index in [1.807, 2.05) is 16.9 Å². The lowest BCUT2D eigenvalue weighted by Crippen LogP contribution is -2.24. The number of nitrogens with zero attached hydrogens (tertiary/aromatic N) is 2. The molecule has 2 rings (SSSR count). The van der Waals surface area contributed by atoms with Crippen molar-refractivity contribution >= 4 is 16.8 Å². The molecule has 1 heterocycles. The van der Waals surface area contributed by atoms with Gasteiger partial charge in [0, 0.05) is 18.4 Å². The van der Waals surface area contributed by atoms with E-state index in [-0.39, 0.29) is 5.91 Å². The van der Waals surface area contributed by atoms with Crippen LogP contribution in [-0.2, 0) is 11.3 Å². The molecule has 0 saturated heterocycles. The van der Waals surface area contributed by atoms with Crippen molar-refractivity contribution in [1.29, 1.82) is 0 Å². The maximum absolute atomic E-state index is 11.5. The number of nitrogens with one attached hydrogen (secondary N) is 1. The minimum Gasteiger partial charge on any atom is -0.353 e. The number of aryl methyl sites for hydroxylation is 2. The van der Waals surface area contributed by atoms with Gasteiger partial charge in [0.2, 0.25) is 5.91 Å². The second-order valence-electron chi connectivity index (χ2n) is 4.27. The van der Waals surface area contributed by atoms with E-state index in [0.717, 1.165) is 10.9 Å². The van der Waals surface area contributed by atoms with E-state index in [4.69, 9.17) is 0 Å². The first kappa shape index (κ1) is 12.4.